The lowest BCUT2D eigenvalue weighted by molar-refractivity contribution is -0.134. The first kappa shape index (κ1) is 16.0. The van der Waals surface area contributed by atoms with E-state index in [2.05, 4.69) is 4.98 Å². The molecular weight excluding hydrogens is 336 g/mol. The Morgan fingerprint density at radius 3 is 2.84 bits per heavy atom. The molecule has 4 nitrogen and oxygen atoms in total. The van der Waals surface area contributed by atoms with Gasteiger partial charge in [-0.1, -0.05) is 35.4 Å². The number of nitrogens with one attached hydrogen (secondary N) is 1. The van der Waals surface area contributed by atoms with Gasteiger partial charge in [0.05, 0.1) is 0 Å². The number of H-pyrrole nitrogens is 1. The summed E-state index contributed by atoms with van der Waals surface area (Å²) in [4.78, 5) is 17.8. The first-order valence-corrected chi connectivity index (χ1v) is 8.74. The maximum Gasteiger partial charge on any atom is 0.260 e. The highest BCUT2D eigenvalue weighted by Crippen LogP contribution is 2.29. The predicted octanol–water partition coefficient (Wildman–Crippen LogP) is 4.09. The van der Waals surface area contributed by atoms with Gasteiger partial charge < -0.3 is 14.6 Å². The molecule has 0 aliphatic carbocycles. The van der Waals surface area contributed by atoms with Crippen LogP contribution in [0, 0.1) is 6.92 Å². The minimum absolute atomic E-state index is 0.00883. The Kier molecular flexibility index (Phi) is 4.14. The number of fused-ring (bicyclic) bond motifs is 3. The largest absolute Gasteiger partial charge is 0.484 e. The summed E-state index contributed by atoms with van der Waals surface area (Å²) >= 11 is 6.07. The summed E-state index contributed by atoms with van der Waals surface area (Å²) in [5.74, 6) is 0.730. The van der Waals surface area contributed by atoms with E-state index in [1.165, 1.54) is 16.8 Å². The number of nitrogens with zero attached hydrogens (tertiary/aromatic N) is 1. The number of rotatable bonds is 3. The van der Waals surface area contributed by atoms with Gasteiger partial charge in [0.15, 0.2) is 6.61 Å². The fourth-order valence-corrected chi connectivity index (χ4v) is 3.45. The predicted molar refractivity (Wildman–Crippen MR) is 99.1 cm³/mol. The highest BCUT2D eigenvalue weighted by molar-refractivity contribution is 6.31. The Labute approximate surface area is 151 Å². The van der Waals surface area contributed by atoms with Crippen LogP contribution in [-0.4, -0.2) is 28.9 Å². The van der Waals surface area contributed by atoms with Crippen molar-refractivity contribution in [1.29, 1.82) is 0 Å². The van der Waals surface area contributed by atoms with Crippen molar-refractivity contribution in [2.75, 3.05) is 13.2 Å². The number of carbonyl (C=O) groups is 1. The van der Waals surface area contributed by atoms with Crippen molar-refractivity contribution in [3.05, 3.63) is 64.3 Å². The minimum Gasteiger partial charge on any atom is -0.484 e. The van der Waals surface area contributed by atoms with Crippen LogP contribution in [0.2, 0.25) is 5.02 Å². The maximum atomic E-state index is 12.5. The second-order valence-electron chi connectivity index (χ2n) is 6.44. The Bertz CT molecular complexity index is 931. The van der Waals surface area contributed by atoms with Gasteiger partial charge in [-0.3, -0.25) is 4.79 Å². The van der Waals surface area contributed by atoms with E-state index in [0.29, 0.717) is 18.1 Å². The number of aromatic amines is 1. The fraction of sp³-hybridized carbons (Fsp3) is 0.250. The molecule has 5 heteroatoms. The highest BCUT2D eigenvalue weighted by atomic mass is 35.5. The summed E-state index contributed by atoms with van der Waals surface area (Å²) in [5.41, 5.74) is 4.58. The third kappa shape index (κ3) is 3.22. The van der Waals surface area contributed by atoms with Crippen molar-refractivity contribution >= 4 is 28.4 Å². The third-order valence-corrected chi connectivity index (χ3v) is 4.91. The second-order valence-corrected chi connectivity index (χ2v) is 6.88. The summed E-state index contributed by atoms with van der Waals surface area (Å²) in [6.45, 7) is 3.39. The molecule has 1 aliphatic heterocycles. The molecule has 4 rings (SSSR count). The molecule has 3 aromatic rings. The molecule has 0 fully saturated rings. The van der Waals surface area contributed by atoms with Crippen molar-refractivity contribution < 1.29 is 9.53 Å². The smallest absolute Gasteiger partial charge is 0.260 e. The lowest BCUT2D eigenvalue weighted by Gasteiger charge is -2.27. The SMILES string of the molecule is Cc1ccc(OCC(=O)N2CCc3[nH]c4cc(Cl)ccc4c3C2)cc1. The van der Waals surface area contributed by atoms with Crippen LogP contribution in [0.1, 0.15) is 16.8 Å². The average Bonchev–Trinajstić information content (AvgIpc) is 2.97. The molecule has 1 N–H and O–H groups in total. The zero-order chi connectivity index (χ0) is 17.4. The summed E-state index contributed by atoms with van der Waals surface area (Å²) < 4.78 is 5.63. The molecule has 0 bridgehead atoms. The van der Waals surface area contributed by atoms with Crippen LogP contribution in [0.4, 0.5) is 0 Å². The van der Waals surface area contributed by atoms with E-state index in [1.54, 1.807) is 0 Å². The van der Waals surface area contributed by atoms with Gasteiger partial charge in [0, 0.05) is 46.7 Å². The number of aryl methyl sites for hydroxylation is 1. The van der Waals surface area contributed by atoms with Crippen LogP contribution in [-0.2, 0) is 17.8 Å². The average molecular weight is 355 g/mol. The Balaban J connectivity index is 1.47. The number of amides is 1. The van der Waals surface area contributed by atoms with Crippen LogP contribution in [0.15, 0.2) is 42.5 Å². The van der Waals surface area contributed by atoms with Gasteiger partial charge in [0.2, 0.25) is 0 Å². The summed E-state index contributed by atoms with van der Waals surface area (Å²) in [7, 11) is 0. The van der Waals surface area contributed by atoms with E-state index in [0.717, 1.165) is 23.1 Å². The molecular formula is C20H19ClN2O2. The van der Waals surface area contributed by atoms with Crippen molar-refractivity contribution in [2.45, 2.75) is 19.9 Å². The topological polar surface area (TPSA) is 45.3 Å². The van der Waals surface area contributed by atoms with Gasteiger partial charge in [-0.2, -0.15) is 0 Å². The van der Waals surface area contributed by atoms with Crippen LogP contribution in [0.3, 0.4) is 0 Å². The van der Waals surface area contributed by atoms with E-state index in [9.17, 15) is 4.79 Å². The van der Waals surface area contributed by atoms with E-state index in [1.807, 2.05) is 54.3 Å². The number of hydrogen-bond acceptors (Lipinski definition) is 2. The van der Waals surface area contributed by atoms with Crippen LogP contribution < -0.4 is 4.74 Å². The van der Waals surface area contributed by atoms with E-state index >= 15 is 0 Å². The summed E-state index contributed by atoms with van der Waals surface area (Å²) in [5, 5.41) is 1.85. The van der Waals surface area contributed by atoms with Gasteiger partial charge in [-0.05, 0) is 31.2 Å². The van der Waals surface area contributed by atoms with Gasteiger partial charge in [-0.15, -0.1) is 0 Å². The number of benzene rings is 2. The molecule has 0 saturated heterocycles. The Morgan fingerprint density at radius 2 is 2.04 bits per heavy atom. The fourth-order valence-electron chi connectivity index (χ4n) is 3.28. The van der Waals surface area contributed by atoms with Gasteiger partial charge in [0.1, 0.15) is 5.75 Å². The highest BCUT2D eigenvalue weighted by Gasteiger charge is 2.24. The molecule has 128 valence electrons. The molecule has 0 radical (unpaired) electrons. The molecule has 0 spiro atoms. The van der Waals surface area contributed by atoms with Crippen LogP contribution in [0.25, 0.3) is 10.9 Å². The number of hydrogen-bond donors (Lipinski definition) is 1. The minimum atomic E-state index is 0.00883. The van der Waals surface area contributed by atoms with Crippen molar-refractivity contribution in [1.82, 2.24) is 9.88 Å². The molecule has 1 aliphatic rings. The molecule has 0 unspecified atom stereocenters. The molecule has 0 atom stereocenters. The Hall–Kier alpha value is -2.46. The van der Waals surface area contributed by atoms with E-state index in [-0.39, 0.29) is 12.5 Å². The van der Waals surface area contributed by atoms with Crippen molar-refractivity contribution in [2.24, 2.45) is 0 Å². The van der Waals surface area contributed by atoms with Crippen LogP contribution in [0.5, 0.6) is 5.75 Å². The van der Waals surface area contributed by atoms with Crippen molar-refractivity contribution in [3.63, 3.8) is 0 Å². The summed E-state index contributed by atoms with van der Waals surface area (Å²) in [6.07, 6.45) is 0.817. The number of aromatic nitrogens is 1. The molecule has 1 aromatic heterocycles. The molecule has 2 aromatic carbocycles. The number of halogens is 1. The lowest BCUT2D eigenvalue weighted by atomic mass is 10.0. The quantitative estimate of drug-likeness (QED) is 0.769. The van der Waals surface area contributed by atoms with Gasteiger partial charge in [-0.25, -0.2) is 0 Å². The van der Waals surface area contributed by atoms with Crippen molar-refractivity contribution in [3.8, 4) is 5.75 Å². The van der Waals surface area contributed by atoms with E-state index in [4.69, 9.17) is 16.3 Å². The maximum absolute atomic E-state index is 12.5. The second kappa shape index (κ2) is 6.45. The normalized spacial score (nSPS) is 13.8. The third-order valence-electron chi connectivity index (χ3n) is 4.67. The number of ether oxygens (including phenoxy) is 1. The molecule has 25 heavy (non-hydrogen) atoms. The molecule has 2 heterocycles. The molecule has 0 saturated carbocycles. The van der Waals surface area contributed by atoms with Gasteiger partial charge >= 0.3 is 0 Å². The Morgan fingerprint density at radius 1 is 1.24 bits per heavy atom. The molecule has 1 amide bonds. The van der Waals surface area contributed by atoms with Crippen LogP contribution >= 0.6 is 11.6 Å². The summed E-state index contributed by atoms with van der Waals surface area (Å²) in [6, 6.07) is 13.6. The van der Waals surface area contributed by atoms with E-state index < -0.39 is 0 Å². The van der Waals surface area contributed by atoms with Gasteiger partial charge in [0.25, 0.3) is 5.91 Å². The zero-order valence-electron chi connectivity index (χ0n) is 14.0. The zero-order valence-corrected chi connectivity index (χ0v) is 14.8. The first-order chi connectivity index (χ1) is 12.1. The lowest BCUT2D eigenvalue weighted by Crippen LogP contribution is -2.38. The first-order valence-electron chi connectivity index (χ1n) is 8.36. The standard InChI is InChI=1S/C20H19ClN2O2/c1-13-2-5-15(6-3-13)25-12-20(24)23-9-8-18-17(11-23)16-7-4-14(21)10-19(16)22-18/h2-7,10,22H,8-9,11-12H2,1H3. The monoisotopic (exact) mass is 354 g/mol. The number of carbonyl (C=O) groups excluding carboxylic acids is 1.